The molecule has 1 aromatic rings. The standard InChI is InChI=1S/C11H14IN3O6/c12-3-7(18)13-8-9(19)5(4-16)21-10(8)15-2-1-6(17)14-11(15)20/h1-2,5,8-10,16,19H,3-4H2,(H,13,18)(H,14,17,20)/t5-,8-,9-,10-/m1/s1. The number of amides is 1. The third kappa shape index (κ3) is 3.33. The van der Waals surface area contributed by atoms with Gasteiger partial charge in [-0.3, -0.25) is 19.1 Å². The van der Waals surface area contributed by atoms with E-state index in [9.17, 15) is 24.6 Å². The SMILES string of the molecule is O=C(CI)N[C@@H]1[C@H](O)[C@@H](CO)O[C@H]1n1ccc(=O)[nH]c1=O. The van der Waals surface area contributed by atoms with Gasteiger partial charge in [0.2, 0.25) is 5.91 Å². The number of rotatable bonds is 4. The van der Waals surface area contributed by atoms with E-state index >= 15 is 0 Å². The molecule has 0 radical (unpaired) electrons. The summed E-state index contributed by atoms with van der Waals surface area (Å²) < 4.78 is 6.63. The summed E-state index contributed by atoms with van der Waals surface area (Å²) >= 11 is 1.85. The minimum Gasteiger partial charge on any atom is -0.394 e. The molecule has 0 aromatic carbocycles. The van der Waals surface area contributed by atoms with Crippen LogP contribution in [0.2, 0.25) is 0 Å². The van der Waals surface area contributed by atoms with Gasteiger partial charge in [0.25, 0.3) is 5.56 Å². The van der Waals surface area contributed by atoms with Crippen molar-refractivity contribution >= 4 is 28.5 Å². The summed E-state index contributed by atoms with van der Waals surface area (Å²) in [7, 11) is 0. The van der Waals surface area contributed by atoms with Gasteiger partial charge in [0.15, 0.2) is 6.23 Å². The highest BCUT2D eigenvalue weighted by Gasteiger charge is 2.45. The van der Waals surface area contributed by atoms with E-state index in [0.717, 1.165) is 10.6 Å². The van der Waals surface area contributed by atoms with Crippen molar-refractivity contribution in [1.29, 1.82) is 0 Å². The number of nitrogens with one attached hydrogen (secondary N) is 2. The van der Waals surface area contributed by atoms with Gasteiger partial charge in [0.05, 0.1) is 11.0 Å². The number of H-pyrrole nitrogens is 1. The lowest BCUT2D eigenvalue weighted by atomic mass is 10.1. The zero-order valence-electron chi connectivity index (χ0n) is 10.7. The van der Waals surface area contributed by atoms with Gasteiger partial charge in [-0.2, -0.15) is 0 Å². The second-order valence-corrected chi connectivity index (χ2v) is 5.25. The number of aliphatic hydroxyl groups is 2. The predicted octanol–water partition coefficient (Wildman–Crippen LogP) is -2.29. The van der Waals surface area contributed by atoms with Crippen LogP contribution in [-0.2, 0) is 9.53 Å². The van der Waals surface area contributed by atoms with E-state index in [0.29, 0.717) is 0 Å². The number of halogens is 1. The molecule has 0 unspecified atom stereocenters. The fourth-order valence-electron chi connectivity index (χ4n) is 2.14. The Bertz CT molecular complexity index is 629. The molecule has 1 saturated heterocycles. The van der Waals surface area contributed by atoms with E-state index in [-0.39, 0.29) is 10.3 Å². The first-order chi connectivity index (χ1) is 9.97. The zero-order chi connectivity index (χ0) is 15.6. The van der Waals surface area contributed by atoms with Crippen molar-refractivity contribution in [1.82, 2.24) is 14.9 Å². The zero-order valence-corrected chi connectivity index (χ0v) is 12.9. The maximum Gasteiger partial charge on any atom is 0.330 e. The molecule has 4 N–H and O–H groups in total. The predicted molar refractivity (Wildman–Crippen MR) is 79.1 cm³/mol. The highest BCUT2D eigenvalue weighted by molar-refractivity contribution is 14.1. The lowest BCUT2D eigenvalue weighted by molar-refractivity contribution is -0.120. The second kappa shape index (κ2) is 6.68. The van der Waals surface area contributed by atoms with Crippen molar-refractivity contribution in [2.24, 2.45) is 0 Å². The Morgan fingerprint density at radius 3 is 2.81 bits per heavy atom. The summed E-state index contributed by atoms with van der Waals surface area (Å²) in [5, 5.41) is 21.8. The molecule has 10 heteroatoms. The Morgan fingerprint density at radius 2 is 2.24 bits per heavy atom. The van der Waals surface area contributed by atoms with Crippen LogP contribution in [0.25, 0.3) is 0 Å². The number of carbonyl (C=O) groups excluding carboxylic acids is 1. The first kappa shape index (κ1) is 16.1. The molecule has 2 rings (SSSR count). The van der Waals surface area contributed by atoms with Gasteiger partial charge in [-0.05, 0) is 0 Å². The van der Waals surface area contributed by atoms with E-state index < -0.39 is 42.3 Å². The molecular weight excluding hydrogens is 397 g/mol. The molecular formula is C11H14IN3O6. The van der Waals surface area contributed by atoms with Crippen LogP contribution in [0.5, 0.6) is 0 Å². The van der Waals surface area contributed by atoms with E-state index in [1.807, 2.05) is 22.6 Å². The van der Waals surface area contributed by atoms with E-state index in [2.05, 4.69) is 10.3 Å². The minimum absolute atomic E-state index is 0.165. The topological polar surface area (TPSA) is 134 Å². The molecule has 1 aromatic heterocycles. The van der Waals surface area contributed by atoms with Crippen molar-refractivity contribution in [3.63, 3.8) is 0 Å². The smallest absolute Gasteiger partial charge is 0.330 e. The Labute approximate surface area is 132 Å². The van der Waals surface area contributed by atoms with Crippen molar-refractivity contribution in [2.75, 3.05) is 11.0 Å². The van der Waals surface area contributed by atoms with Gasteiger partial charge >= 0.3 is 5.69 Å². The number of aromatic amines is 1. The summed E-state index contributed by atoms with van der Waals surface area (Å²) in [6.07, 6.45) is -1.92. The molecule has 2 heterocycles. The summed E-state index contributed by atoms with van der Waals surface area (Å²) in [6, 6.07) is 0.216. The number of aliphatic hydroxyl groups excluding tert-OH is 2. The number of carbonyl (C=O) groups is 1. The Kier molecular flexibility index (Phi) is 5.13. The van der Waals surface area contributed by atoms with E-state index in [1.165, 1.54) is 6.20 Å². The van der Waals surface area contributed by atoms with Crippen LogP contribution in [0, 0.1) is 0 Å². The second-order valence-electron chi connectivity index (χ2n) is 4.48. The van der Waals surface area contributed by atoms with Crippen LogP contribution in [-0.4, -0.2) is 55.0 Å². The third-order valence-electron chi connectivity index (χ3n) is 3.12. The summed E-state index contributed by atoms with van der Waals surface area (Å²) in [6.45, 7) is -0.466. The highest BCUT2D eigenvalue weighted by Crippen LogP contribution is 2.28. The van der Waals surface area contributed by atoms with E-state index in [1.54, 1.807) is 0 Å². The lowest BCUT2D eigenvalue weighted by Crippen LogP contribution is -2.48. The van der Waals surface area contributed by atoms with Crippen molar-refractivity contribution in [2.45, 2.75) is 24.5 Å². The molecule has 1 amide bonds. The van der Waals surface area contributed by atoms with Crippen LogP contribution in [0.15, 0.2) is 21.9 Å². The highest BCUT2D eigenvalue weighted by atomic mass is 127. The summed E-state index contributed by atoms with van der Waals surface area (Å²) in [4.78, 5) is 36.5. The minimum atomic E-state index is -1.18. The molecule has 0 spiro atoms. The fraction of sp³-hybridized carbons (Fsp3) is 0.545. The van der Waals surface area contributed by atoms with Gasteiger partial charge in [0, 0.05) is 12.3 Å². The Hall–Kier alpha value is -1.24. The molecule has 116 valence electrons. The first-order valence-electron chi connectivity index (χ1n) is 6.09. The number of hydrogen-bond acceptors (Lipinski definition) is 6. The summed E-state index contributed by atoms with van der Waals surface area (Å²) in [5.41, 5.74) is -1.30. The number of aromatic nitrogens is 2. The van der Waals surface area contributed by atoms with Crippen LogP contribution in [0.1, 0.15) is 6.23 Å². The molecule has 1 fully saturated rings. The number of ether oxygens (including phenoxy) is 1. The number of hydrogen-bond donors (Lipinski definition) is 4. The average Bonchev–Trinajstić information content (AvgIpc) is 2.76. The monoisotopic (exact) mass is 411 g/mol. The van der Waals surface area contributed by atoms with Crippen LogP contribution in [0.3, 0.4) is 0 Å². The molecule has 1 aliphatic heterocycles. The van der Waals surface area contributed by atoms with Crippen molar-refractivity contribution in [3.05, 3.63) is 33.1 Å². The molecule has 9 nitrogen and oxygen atoms in total. The van der Waals surface area contributed by atoms with Crippen LogP contribution >= 0.6 is 22.6 Å². The Morgan fingerprint density at radius 1 is 1.52 bits per heavy atom. The Balaban J connectivity index is 2.36. The molecule has 0 aliphatic carbocycles. The molecule has 0 bridgehead atoms. The average molecular weight is 411 g/mol. The largest absolute Gasteiger partial charge is 0.394 e. The molecule has 21 heavy (non-hydrogen) atoms. The lowest BCUT2D eigenvalue weighted by Gasteiger charge is -2.22. The fourth-order valence-corrected chi connectivity index (χ4v) is 2.36. The van der Waals surface area contributed by atoms with Gasteiger partial charge < -0.3 is 20.3 Å². The third-order valence-corrected chi connectivity index (χ3v) is 3.82. The van der Waals surface area contributed by atoms with Crippen molar-refractivity contribution < 1.29 is 19.7 Å². The number of alkyl halides is 1. The maximum absolute atomic E-state index is 11.8. The maximum atomic E-state index is 11.8. The quantitative estimate of drug-likeness (QED) is 0.326. The van der Waals surface area contributed by atoms with Gasteiger partial charge in [-0.25, -0.2) is 4.79 Å². The normalized spacial score (nSPS) is 28.5. The van der Waals surface area contributed by atoms with Gasteiger partial charge in [-0.1, -0.05) is 22.6 Å². The van der Waals surface area contributed by atoms with E-state index in [4.69, 9.17) is 4.74 Å². The van der Waals surface area contributed by atoms with Crippen LogP contribution < -0.4 is 16.6 Å². The van der Waals surface area contributed by atoms with Crippen molar-refractivity contribution in [3.8, 4) is 0 Å². The number of nitrogens with zero attached hydrogens (tertiary/aromatic N) is 1. The van der Waals surface area contributed by atoms with Gasteiger partial charge in [-0.15, -0.1) is 0 Å². The van der Waals surface area contributed by atoms with Crippen LogP contribution in [0.4, 0.5) is 0 Å². The molecule has 4 atom stereocenters. The first-order valence-corrected chi connectivity index (χ1v) is 7.61. The summed E-state index contributed by atoms with van der Waals surface area (Å²) in [5.74, 6) is -0.343. The van der Waals surface area contributed by atoms with Gasteiger partial charge in [0.1, 0.15) is 18.2 Å². The molecule has 0 saturated carbocycles. The molecule has 1 aliphatic rings.